The Hall–Kier alpha value is 0.180. The Morgan fingerprint density at radius 3 is 1.00 bits per heavy atom. The molecule has 0 aliphatic rings. The number of hydrogen-bond donors (Lipinski definition) is 0. The number of halogens is 1. The van der Waals surface area contributed by atoms with Crippen LogP contribution in [0.3, 0.4) is 0 Å². The van der Waals surface area contributed by atoms with E-state index in [1.54, 1.807) is 6.07 Å². The molecule has 0 aromatic carbocycles. The van der Waals surface area contributed by atoms with Crippen LogP contribution in [0.5, 0.6) is 0 Å². The molecule has 21 heavy (non-hydrogen) atoms. The van der Waals surface area contributed by atoms with Gasteiger partial charge >= 0.3 is 0 Å². The summed E-state index contributed by atoms with van der Waals surface area (Å²) in [4.78, 5) is 0. The minimum absolute atomic E-state index is 0. The van der Waals surface area contributed by atoms with Crippen LogP contribution in [0.4, 0.5) is 0 Å². The average molecular weight is 410 g/mol. The van der Waals surface area contributed by atoms with E-state index >= 15 is 0 Å². The van der Waals surface area contributed by atoms with Gasteiger partial charge in [0.15, 0.2) is 0 Å². The van der Waals surface area contributed by atoms with Gasteiger partial charge < -0.3 is 28.5 Å². The maximum absolute atomic E-state index is 7.32. The zero-order valence-corrected chi connectivity index (χ0v) is 17.4. The summed E-state index contributed by atoms with van der Waals surface area (Å²) >= 11 is 0. The molecule has 0 bridgehead atoms. The van der Waals surface area contributed by atoms with Gasteiger partial charge in [0.05, 0.1) is 32.2 Å². The second-order valence-corrected chi connectivity index (χ2v) is 5.87. The van der Waals surface area contributed by atoms with Gasteiger partial charge in [0.25, 0.3) is 0 Å². The highest BCUT2D eigenvalue weighted by molar-refractivity contribution is 4.51. The lowest BCUT2D eigenvalue weighted by atomic mass is 10.1. The summed E-state index contributed by atoms with van der Waals surface area (Å²) in [7, 11) is 0. The Morgan fingerprint density at radius 2 is 0.857 bits per heavy atom. The molecule has 0 radical (unpaired) electrons. The highest BCUT2D eigenvalue weighted by Gasteiger charge is 2.24. The van der Waals surface area contributed by atoms with Gasteiger partial charge in [0.2, 0.25) is 0 Å². The number of quaternary nitrogens is 1. The number of nitriles is 1. The zero-order valence-electron chi connectivity index (χ0n) is 15.3. The topological polar surface area (TPSA) is 23.8 Å². The lowest BCUT2D eigenvalue weighted by Crippen LogP contribution is -3.00. The smallest absolute Gasteiger partial charge is 0.0786 e. The summed E-state index contributed by atoms with van der Waals surface area (Å²) in [6.07, 6.45) is 11.1. The van der Waals surface area contributed by atoms with Crippen molar-refractivity contribution in [2.45, 2.75) is 86.0 Å². The van der Waals surface area contributed by atoms with Crippen molar-refractivity contribution in [2.75, 3.05) is 26.2 Å². The maximum atomic E-state index is 7.32. The second kappa shape index (κ2) is 20.2. The normalized spacial score (nSPS) is 10.1. The molecule has 0 heterocycles. The molecule has 0 aromatic heterocycles. The molecule has 2 nitrogen and oxygen atoms in total. The molecule has 0 aromatic rings. The van der Waals surface area contributed by atoms with E-state index in [1.807, 2.05) is 0 Å². The first-order chi connectivity index (χ1) is 9.66. The first-order valence-corrected chi connectivity index (χ1v) is 8.82. The van der Waals surface area contributed by atoms with Crippen LogP contribution in [-0.4, -0.2) is 30.7 Å². The van der Waals surface area contributed by atoms with Crippen molar-refractivity contribution in [2.24, 2.45) is 0 Å². The molecule has 0 N–H and O–H groups in total. The summed E-state index contributed by atoms with van der Waals surface area (Å²) in [5, 5.41) is 7.32. The molecule has 0 aliphatic carbocycles. The van der Waals surface area contributed by atoms with E-state index in [9.17, 15) is 0 Å². The third-order valence-electron chi connectivity index (χ3n) is 3.94. The maximum Gasteiger partial charge on any atom is 0.0786 e. The fourth-order valence-corrected chi connectivity index (χ4v) is 2.64. The van der Waals surface area contributed by atoms with Gasteiger partial charge in [-0.05, 0) is 25.7 Å². The Bertz CT molecular complexity index is 186. The van der Waals surface area contributed by atoms with Gasteiger partial charge in [-0.1, -0.05) is 53.4 Å². The fraction of sp³-hybridized carbons (Fsp3) is 0.944. The third-order valence-corrected chi connectivity index (χ3v) is 3.94. The van der Waals surface area contributed by atoms with Crippen LogP contribution in [0.25, 0.3) is 0 Å². The predicted molar refractivity (Wildman–Crippen MR) is 90.6 cm³/mol. The van der Waals surface area contributed by atoms with Crippen molar-refractivity contribution < 1.29 is 28.5 Å². The summed E-state index contributed by atoms with van der Waals surface area (Å²) in [6, 6.07) is 1.75. The summed E-state index contributed by atoms with van der Waals surface area (Å²) in [5.41, 5.74) is 0. The lowest BCUT2D eigenvalue weighted by molar-refractivity contribution is -0.929. The third kappa shape index (κ3) is 16.4. The molecule has 0 amide bonds. The zero-order chi connectivity index (χ0) is 15.7. The molecule has 0 aliphatic heterocycles. The molecule has 3 heteroatoms. The molecule has 0 saturated carbocycles. The summed E-state index contributed by atoms with van der Waals surface area (Å²) in [5.74, 6) is 0. The molecule has 0 unspecified atom stereocenters. The van der Waals surface area contributed by atoms with Gasteiger partial charge in [-0.3, -0.25) is 0 Å². The van der Waals surface area contributed by atoms with Crippen LogP contribution in [0.2, 0.25) is 0 Å². The first-order valence-electron chi connectivity index (χ1n) is 8.82. The molecule has 0 fully saturated rings. The molecule has 0 rings (SSSR count). The largest absolute Gasteiger partial charge is 1.00 e. The van der Waals surface area contributed by atoms with Crippen molar-refractivity contribution in [1.82, 2.24) is 0 Å². The number of rotatable bonds is 12. The van der Waals surface area contributed by atoms with Crippen LogP contribution in [0, 0.1) is 11.3 Å². The monoisotopic (exact) mass is 410 g/mol. The first kappa shape index (κ1) is 26.1. The average Bonchev–Trinajstić information content (AvgIpc) is 2.46. The van der Waals surface area contributed by atoms with Crippen LogP contribution in [-0.2, 0) is 0 Å². The van der Waals surface area contributed by atoms with Gasteiger partial charge in [-0.15, -0.1) is 0 Å². The van der Waals surface area contributed by atoms with Crippen molar-refractivity contribution in [3.05, 3.63) is 0 Å². The van der Waals surface area contributed by atoms with E-state index in [4.69, 9.17) is 5.26 Å². The van der Waals surface area contributed by atoms with E-state index in [-0.39, 0.29) is 24.0 Å². The standard InChI is InChI=1S/C16H36N.C2H3N.HI/c1-5-9-13-17(14-10-6-2,15-11-7-3)16-12-8-4;1-2-3;/h5-16H2,1-4H3;1H3;1H/q+1;;/p-1. The van der Waals surface area contributed by atoms with Gasteiger partial charge in [-0.25, -0.2) is 0 Å². The lowest BCUT2D eigenvalue weighted by Gasteiger charge is -2.39. The predicted octanol–water partition coefficient (Wildman–Crippen LogP) is 2.54. The quantitative estimate of drug-likeness (QED) is 0.358. The van der Waals surface area contributed by atoms with Crippen molar-refractivity contribution in [3.8, 4) is 6.07 Å². The molecule has 0 saturated heterocycles. The van der Waals surface area contributed by atoms with E-state index in [0.717, 1.165) is 0 Å². The van der Waals surface area contributed by atoms with Crippen LogP contribution < -0.4 is 24.0 Å². The van der Waals surface area contributed by atoms with E-state index < -0.39 is 0 Å². The van der Waals surface area contributed by atoms with Crippen LogP contribution in [0.1, 0.15) is 86.0 Å². The second-order valence-electron chi connectivity index (χ2n) is 5.87. The van der Waals surface area contributed by atoms with E-state index in [0.29, 0.717) is 0 Å². The molecular formula is C18H39IN2. The Balaban J connectivity index is -0.000000740. The summed E-state index contributed by atoms with van der Waals surface area (Å²) in [6.45, 7) is 16.4. The van der Waals surface area contributed by atoms with Gasteiger partial charge in [-0.2, -0.15) is 5.26 Å². The molecule has 0 atom stereocenters. The highest BCUT2D eigenvalue weighted by atomic mass is 127. The Labute approximate surface area is 151 Å². The number of unbranched alkanes of at least 4 members (excludes halogenated alkanes) is 4. The SMILES string of the molecule is CC#N.CCCC[N+](CCCC)(CCCC)CCCC.[I-]. The van der Waals surface area contributed by atoms with Crippen molar-refractivity contribution >= 4 is 0 Å². The van der Waals surface area contributed by atoms with Crippen LogP contribution >= 0.6 is 0 Å². The Kier molecular flexibility index (Phi) is 25.1. The minimum Gasteiger partial charge on any atom is -1.00 e. The van der Waals surface area contributed by atoms with Gasteiger partial charge in [0.1, 0.15) is 0 Å². The minimum atomic E-state index is 0. The summed E-state index contributed by atoms with van der Waals surface area (Å²) < 4.78 is 1.42. The van der Waals surface area contributed by atoms with E-state index in [2.05, 4.69) is 27.7 Å². The molecule has 0 spiro atoms. The van der Waals surface area contributed by atoms with Crippen molar-refractivity contribution in [3.63, 3.8) is 0 Å². The van der Waals surface area contributed by atoms with E-state index in [1.165, 1.54) is 89.0 Å². The number of nitrogens with zero attached hydrogens (tertiary/aromatic N) is 2. The Morgan fingerprint density at radius 1 is 0.667 bits per heavy atom. The highest BCUT2D eigenvalue weighted by Crippen LogP contribution is 2.16. The number of hydrogen-bond acceptors (Lipinski definition) is 1. The molecule has 128 valence electrons. The van der Waals surface area contributed by atoms with Crippen molar-refractivity contribution in [1.29, 1.82) is 5.26 Å². The molecular weight excluding hydrogens is 371 g/mol. The van der Waals surface area contributed by atoms with Crippen LogP contribution in [0.15, 0.2) is 0 Å². The fourth-order valence-electron chi connectivity index (χ4n) is 2.64. The van der Waals surface area contributed by atoms with Gasteiger partial charge in [0, 0.05) is 6.92 Å².